The lowest BCUT2D eigenvalue weighted by Crippen LogP contribution is -2.16. The number of hydrogen-bond donors (Lipinski definition) is 2. The van der Waals surface area contributed by atoms with Gasteiger partial charge in [0.15, 0.2) is 0 Å². The summed E-state index contributed by atoms with van der Waals surface area (Å²) in [4.78, 5) is 10.9. The highest BCUT2D eigenvalue weighted by Gasteiger charge is 2.35. The summed E-state index contributed by atoms with van der Waals surface area (Å²) >= 11 is 0. The van der Waals surface area contributed by atoms with E-state index >= 15 is 0 Å². The van der Waals surface area contributed by atoms with E-state index in [2.05, 4.69) is 25.6 Å². The lowest BCUT2D eigenvalue weighted by atomic mass is 10.1. The van der Waals surface area contributed by atoms with E-state index in [9.17, 15) is 13.2 Å². The zero-order valence-electron chi connectivity index (χ0n) is 11.4. The molecule has 0 fully saturated rings. The van der Waals surface area contributed by atoms with Crippen molar-refractivity contribution in [2.45, 2.75) is 19.1 Å². The number of aromatic nitrogens is 3. The fourth-order valence-electron chi connectivity index (χ4n) is 1.71. The van der Waals surface area contributed by atoms with Gasteiger partial charge >= 0.3 is 6.18 Å². The average Bonchev–Trinajstić information content (AvgIpc) is 2.46. The normalized spacial score (nSPS) is 12.8. The van der Waals surface area contributed by atoms with Crippen molar-refractivity contribution in [2.75, 3.05) is 17.7 Å². The van der Waals surface area contributed by atoms with Crippen molar-refractivity contribution in [2.24, 2.45) is 0 Å². The van der Waals surface area contributed by atoms with Crippen LogP contribution in [-0.4, -0.2) is 22.0 Å². The molecule has 8 heteroatoms. The molecular formula is C13H14F3N5. The fraction of sp³-hybridized carbons (Fsp3) is 0.308. The number of halogens is 3. The minimum atomic E-state index is -4.60. The van der Waals surface area contributed by atoms with E-state index in [0.29, 0.717) is 0 Å². The van der Waals surface area contributed by atoms with Crippen LogP contribution in [0.3, 0.4) is 0 Å². The van der Waals surface area contributed by atoms with Crippen molar-refractivity contribution < 1.29 is 13.2 Å². The molecule has 0 saturated carbocycles. The fourth-order valence-corrected chi connectivity index (χ4v) is 1.71. The molecule has 0 radical (unpaired) electrons. The predicted molar refractivity (Wildman–Crippen MR) is 72.9 cm³/mol. The molecule has 2 aromatic rings. The summed E-state index contributed by atoms with van der Waals surface area (Å²) in [5.74, 6) is -0.994. The van der Waals surface area contributed by atoms with E-state index < -0.39 is 12.0 Å². The predicted octanol–water partition coefficient (Wildman–Crippen LogP) is 3.11. The zero-order chi connectivity index (χ0) is 15.5. The summed E-state index contributed by atoms with van der Waals surface area (Å²) in [6, 6.07) is 4.77. The molecular weight excluding hydrogens is 283 g/mol. The highest BCUT2D eigenvalue weighted by atomic mass is 19.4. The Morgan fingerprint density at radius 3 is 2.48 bits per heavy atom. The minimum Gasteiger partial charge on any atom is -0.373 e. The van der Waals surface area contributed by atoms with Gasteiger partial charge < -0.3 is 10.6 Å². The molecule has 112 valence electrons. The van der Waals surface area contributed by atoms with E-state index in [4.69, 9.17) is 0 Å². The number of alkyl halides is 3. The first kappa shape index (κ1) is 15.0. The van der Waals surface area contributed by atoms with Gasteiger partial charge in [0.2, 0.25) is 5.82 Å². The molecule has 2 heterocycles. The van der Waals surface area contributed by atoms with E-state index in [1.807, 2.05) is 13.0 Å². The second-order valence-electron chi connectivity index (χ2n) is 4.36. The summed E-state index contributed by atoms with van der Waals surface area (Å²) in [7, 11) is 1.50. The number of nitrogens with zero attached hydrogens (tertiary/aromatic N) is 3. The van der Waals surface area contributed by atoms with Crippen molar-refractivity contribution in [3.63, 3.8) is 0 Å². The lowest BCUT2D eigenvalue weighted by Gasteiger charge is -2.16. The maximum absolute atomic E-state index is 12.8. The summed E-state index contributed by atoms with van der Waals surface area (Å²) in [5.41, 5.74) is 0.843. The Morgan fingerprint density at radius 1 is 1.19 bits per heavy atom. The third kappa shape index (κ3) is 3.80. The van der Waals surface area contributed by atoms with Crippen LogP contribution in [0.2, 0.25) is 0 Å². The number of hydrogen-bond acceptors (Lipinski definition) is 5. The number of pyridine rings is 1. The van der Waals surface area contributed by atoms with Crippen LogP contribution in [0.15, 0.2) is 30.6 Å². The van der Waals surface area contributed by atoms with Crippen LogP contribution in [0.25, 0.3) is 0 Å². The van der Waals surface area contributed by atoms with E-state index in [1.54, 1.807) is 18.5 Å². The number of nitrogens with one attached hydrogen (secondary N) is 2. The lowest BCUT2D eigenvalue weighted by molar-refractivity contribution is -0.144. The molecule has 0 aliphatic rings. The number of rotatable bonds is 4. The van der Waals surface area contributed by atoms with Gasteiger partial charge in [-0.25, -0.2) is 9.97 Å². The molecule has 2 aromatic heterocycles. The van der Waals surface area contributed by atoms with E-state index in [1.165, 1.54) is 13.1 Å². The molecule has 0 saturated heterocycles. The van der Waals surface area contributed by atoms with E-state index in [0.717, 1.165) is 5.56 Å². The molecule has 5 nitrogen and oxygen atoms in total. The summed E-state index contributed by atoms with van der Waals surface area (Å²) < 4.78 is 38.3. The highest BCUT2D eigenvalue weighted by molar-refractivity contribution is 5.48. The Bertz CT molecular complexity index is 601. The Labute approximate surface area is 119 Å². The first-order chi connectivity index (χ1) is 9.90. The van der Waals surface area contributed by atoms with Crippen LogP contribution >= 0.6 is 0 Å². The molecule has 2 rings (SSSR count). The Hall–Kier alpha value is -2.38. The Morgan fingerprint density at radius 2 is 1.90 bits per heavy atom. The van der Waals surface area contributed by atoms with Crippen molar-refractivity contribution in [1.82, 2.24) is 15.0 Å². The van der Waals surface area contributed by atoms with Gasteiger partial charge in [0, 0.05) is 25.5 Å². The Balaban J connectivity index is 2.27. The molecule has 0 spiro atoms. The molecule has 2 N–H and O–H groups in total. The molecule has 0 aliphatic carbocycles. The third-order valence-corrected chi connectivity index (χ3v) is 2.78. The molecule has 0 bridgehead atoms. The van der Waals surface area contributed by atoms with Gasteiger partial charge in [-0.15, -0.1) is 0 Å². The maximum Gasteiger partial charge on any atom is 0.451 e. The minimum absolute atomic E-state index is 0.0954. The first-order valence-corrected chi connectivity index (χ1v) is 6.20. The first-order valence-electron chi connectivity index (χ1n) is 6.20. The second-order valence-corrected chi connectivity index (χ2v) is 4.36. The molecule has 0 aliphatic heterocycles. The molecule has 0 aromatic carbocycles. The van der Waals surface area contributed by atoms with Crippen molar-refractivity contribution >= 4 is 11.6 Å². The molecule has 21 heavy (non-hydrogen) atoms. The van der Waals surface area contributed by atoms with Crippen LogP contribution in [0.1, 0.15) is 24.4 Å². The topological polar surface area (TPSA) is 62.7 Å². The van der Waals surface area contributed by atoms with E-state index in [-0.39, 0.29) is 17.7 Å². The summed E-state index contributed by atoms with van der Waals surface area (Å²) in [5, 5.41) is 5.50. The monoisotopic (exact) mass is 297 g/mol. The smallest absolute Gasteiger partial charge is 0.373 e. The largest absolute Gasteiger partial charge is 0.451 e. The molecule has 1 atom stereocenters. The van der Waals surface area contributed by atoms with Crippen LogP contribution < -0.4 is 10.6 Å². The van der Waals surface area contributed by atoms with Crippen molar-refractivity contribution in [3.05, 3.63) is 42.0 Å². The third-order valence-electron chi connectivity index (χ3n) is 2.78. The second kappa shape index (κ2) is 5.94. The standard InChI is InChI=1S/C13H14F3N5/c1-8(9-4-3-5-18-7-9)19-11-6-10(17-2)20-12(21-11)13(14,15)16/h3-8H,1-2H3,(H2,17,19,20,21). The van der Waals surface area contributed by atoms with Crippen LogP contribution in [0, 0.1) is 0 Å². The maximum atomic E-state index is 12.8. The van der Waals surface area contributed by atoms with Crippen LogP contribution in [-0.2, 0) is 6.18 Å². The summed E-state index contributed by atoms with van der Waals surface area (Å²) in [6.45, 7) is 1.81. The SMILES string of the molecule is CNc1cc(NC(C)c2cccnc2)nc(C(F)(F)F)n1. The van der Waals surface area contributed by atoms with Crippen molar-refractivity contribution in [3.8, 4) is 0 Å². The molecule has 1 unspecified atom stereocenters. The molecule has 0 amide bonds. The van der Waals surface area contributed by atoms with Crippen LogP contribution in [0.5, 0.6) is 0 Å². The van der Waals surface area contributed by atoms with Crippen molar-refractivity contribution in [1.29, 1.82) is 0 Å². The van der Waals surface area contributed by atoms with Gasteiger partial charge in [-0.05, 0) is 18.6 Å². The van der Waals surface area contributed by atoms with Crippen LogP contribution in [0.4, 0.5) is 24.8 Å². The highest BCUT2D eigenvalue weighted by Crippen LogP contribution is 2.29. The number of anilines is 2. The van der Waals surface area contributed by atoms with Gasteiger partial charge in [-0.1, -0.05) is 6.07 Å². The summed E-state index contributed by atoms with van der Waals surface area (Å²) in [6.07, 6.45) is -1.33. The zero-order valence-corrected chi connectivity index (χ0v) is 11.4. The van der Waals surface area contributed by atoms with Gasteiger partial charge in [0.1, 0.15) is 11.6 Å². The Kier molecular flexibility index (Phi) is 4.25. The quantitative estimate of drug-likeness (QED) is 0.908. The average molecular weight is 297 g/mol. The van der Waals surface area contributed by atoms with Gasteiger partial charge in [0.05, 0.1) is 6.04 Å². The van der Waals surface area contributed by atoms with Gasteiger partial charge in [-0.3, -0.25) is 4.98 Å². The van der Waals surface area contributed by atoms with Gasteiger partial charge in [-0.2, -0.15) is 13.2 Å². The van der Waals surface area contributed by atoms with Gasteiger partial charge in [0.25, 0.3) is 0 Å².